The molecule has 1 saturated carbocycles. The van der Waals surface area contributed by atoms with Crippen molar-refractivity contribution in [3.63, 3.8) is 0 Å². The zero-order chi connectivity index (χ0) is 22.0. The number of piperidine rings is 1. The highest BCUT2D eigenvalue weighted by molar-refractivity contribution is 5.56. The lowest BCUT2D eigenvalue weighted by atomic mass is 9.81. The third-order valence-electron chi connectivity index (χ3n) is 7.56. The normalized spacial score (nSPS) is 24.9. The third-order valence-corrected chi connectivity index (χ3v) is 7.56. The van der Waals surface area contributed by atoms with E-state index >= 15 is 0 Å². The minimum Gasteiger partial charge on any atom is -0.352 e. The second-order valence-corrected chi connectivity index (χ2v) is 9.60. The van der Waals surface area contributed by atoms with Crippen LogP contribution in [0.15, 0.2) is 48.7 Å². The molecular weight excluding hydrogens is 396 g/mol. The molecule has 0 bridgehead atoms. The Hall–Kier alpha value is -2.93. The Kier molecular flexibility index (Phi) is 5.83. The van der Waals surface area contributed by atoms with E-state index in [9.17, 15) is 10.5 Å². The average Bonchev–Trinajstić information content (AvgIpc) is 3.61. The van der Waals surface area contributed by atoms with E-state index in [2.05, 4.69) is 62.6 Å². The Morgan fingerprint density at radius 1 is 1.06 bits per heavy atom. The van der Waals surface area contributed by atoms with E-state index in [0.29, 0.717) is 29.9 Å². The van der Waals surface area contributed by atoms with Crippen LogP contribution in [0.1, 0.15) is 42.7 Å². The SMILES string of the molecule is N#CCC1(N2CCC(CN[C@@H]3C[C@H]3c3ccccc3)CC2)CN(c2ncccc2C#N)C1. The maximum Gasteiger partial charge on any atom is 0.146 e. The molecule has 1 aliphatic carbocycles. The van der Waals surface area contributed by atoms with Crippen LogP contribution in [0.2, 0.25) is 0 Å². The van der Waals surface area contributed by atoms with Crippen LogP contribution >= 0.6 is 0 Å². The van der Waals surface area contributed by atoms with E-state index in [1.54, 1.807) is 12.3 Å². The predicted molar refractivity (Wildman–Crippen MR) is 124 cm³/mol. The van der Waals surface area contributed by atoms with Gasteiger partial charge < -0.3 is 10.2 Å². The molecule has 3 aliphatic rings. The van der Waals surface area contributed by atoms with Crippen molar-refractivity contribution in [3.05, 3.63) is 59.8 Å². The van der Waals surface area contributed by atoms with Gasteiger partial charge in [-0.2, -0.15) is 10.5 Å². The lowest BCUT2D eigenvalue weighted by Crippen LogP contribution is -2.71. The van der Waals surface area contributed by atoms with Crippen molar-refractivity contribution in [1.29, 1.82) is 10.5 Å². The van der Waals surface area contributed by atoms with Crippen LogP contribution in [-0.2, 0) is 0 Å². The quantitative estimate of drug-likeness (QED) is 0.732. The van der Waals surface area contributed by atoms with Crippen molar-refractivity contribution < 1.29 is 0 Å². The van der Waals surface area contributed by atoms with Gasteiger partial charge in [0.2, 0.25) is 0 Å². The predicted octanol–water partition coefficient (Wildman–Crippen LogP) is 3.28. The molecular formula is C26H30N6. The second kappa shape index (κ2) is 8.90. The van der Waals surface area contributed by atoms with Gasteiger partial charge in [0.25, 0.3) is 0 Å². The first-order valence-electron chi connectivity index (χ1n) is 11.7. The number of benzene rings is 1. The number of nitrogens with one attached hydrogen (secondary N) is 1. The van der Waals surface area contributed by atoms with Crippen molar-refractivity contribution in [2.45, 2.75) is 43.2 Å². The van der Waals surface area contributed by atoms with E-state index in [-0.39, 0.29) is 5.54 Å². The Morgan fingerprint density at radius 3 is 2.56 bits per heavy atom. The van der Waals surface area contributed by atoms with Gasteiger partial charge in [-0.15, -0.1) is 0 Å². The van der Waals surface area contributed by atoms with Crippen LogP contribution in [0.25, 0.3) is 0 Å². The van der Waals surface area contributed by atoms with E-state index in [4.69, 9.17) is 0 Å². The van der Waals surface area contributed by atoms with Crippen LogP contribution in [0.4, 0.5) is 5.82 Å². The first-order valence-corrected chi connectivity index (χ1v) is 11.7. The molecule has 3 fully saturated rings. The lowest BCUT2D eigenvalue weighted by molar-refractivity contribution is 0.0295. The van der Waals surface area contributed by atoms with E-state index < -0.39 is 0 Å². The molecule has 5 rings (SSSR count). The molecule has 3 heterocycles. The molecule has 1 aromatic heterocycles. The van der Waals surface area contributed by atoms with E-state index in [1.165, 1.54) is 24.8 Å². The van der Waals surface area contributed by atoms with Gasteiger partial charge in [-0.05, 0) is 62.5 Å². The molecule has 0 amide bonds. The van der Waals surface area contributed by atoms with Gasteiger partial charge in [-0.1, -0.05) is 30.3 Å². The number of pyridine rings is 1. The summed E-state index contributed by atoms with van der Waals surface area (Å²) in [4.78, 5) is 9.11. The molecule has 0 spiro atoms. The molecule has 0 unspecified atom stereocenters. The number of hydrogen-bond acceptors (Lipinski definition) is 6. The summed E-state index contributed by atoms with van der Waals surface area (Å²) < 4.78 is 0. The molecule has 1 N–H and O–H groups in total. The van der Waals surface area contributed by atoms with Gasteiger partial charge in [-0.25, -0.2) is 4.98 Å². The molecule has 2 aliphatic heterocycles. The molecule has 2 atom stereocenters. The Bertz CT molecular complexity index is 1010. The Morgan fingerprint density at radius 2 is 1.84 bits per heavy atom. The molecule has 6 heteroatoms. The van der Waals surface area contributed by atoms with Gasteiger partial charge in [0, 0.05) is 31.2 Å². The molecule has 32 heavy (non-hydrogen) atoms. The van der Waals surface area contributed by atoms with Crippen LogP contribution in [0, 0.1) is 28.6 Å². The summed E-state index contributed by atoms with van der Waals surface area (Å²) in [5, 5.41) is 22.7. The maximum absolute atomic E-state index is 9.50. The van der Waals surface area contributed by atoms with Gasteiger partial charge in [-0.3, -0.25) is 4.90 Å². The van der Waals surface area contributed by atoms with Crippen molar-refractivity contribution in [2.24, 2.45) is 5.92 Å². The topological polar surface area (TPSA) is 79.0 Å². The Balaban J connectivity index is 1.12. The van der Waals surface area contributed by atoms with E-state index in [1.807, 2.05) is 6.07 Å². The number of anilines is 1. The van der Waals surface area contributed by atoms with Gasteiger partial charge >= 0.3 is 0 Å². The van der Waals surface area contributed by atoms with Crippen LogP contribution in [-0.4, -0.2) is 54.2 Å². The van der Waals surface area contributed by atoms with Gasteiger partial charge in [0.05, 0.1) is 23.6 Å². The summed E-state index contributed by atoms with van der Waals surface area (Å²) in [5.41, 5.74) is 1.96. The highest BCUT2D eigenvalue weighted by Crippen LogP contribution is 2.41. The zero-order valence-electron chi connectivity index (χ0n) is 18.5. The van der Waals surface area contributed by atoms with Crippen molar-refractivity contribution >= 4 is 5.82 Å². The van der Waals surface area contributed by atoms with E-state index in [0.717, 1.165) is 38.5 Å². The lowest BCUT2D eigenvalue weighted by Gasteiger charge is -2.57. The fraction of sp³-hybridized carbons (Fsp3) is 0.500. The van der Waals surface area contributed by atoms with Crippen molar-refractivity contribution in [2.75, 3.05) is 37.6 Å². The second-order valence-electron chi connectivity index (χ2n) is 9.60. The third kappa shape index (κ3) is 4.09. The molecule has 0 radical (unpaired) electrons. The van der Waals surface area contributed by atoms with Crippen molar-refractivity contribution in [3.8, 4) is 12.1 Å². The molecule has 6 nitrogen and oxygen atoms in total. The maximum atomic E-state index is 9.50. The summed E-state index contributed by atoms with van der Waals surface area (Å²) in [5.74, 6) is 2.14. The highest BCUT2D eigenvalue weighted by Gasteiger charge is 2.49. The Labute approximate surface area is 190 Å². The fourth-order valence-corrected chi connectivity index (χ4v) is 5.54. The summed E-state index contributed by atoms with van der Waals surface area (Å²) in [6, 6.07) is 19.7. The highest BCUT2D eigenvalue weighted by atomic mass is 15.4. The summed E-state index contributed by atoms with van der Waals surface area (Å²) in [7, 11) is 0. The summed E-state index contributed by atoms with van der Waals surface area (Å²) in [6.45, 7) is 4.73. The number of rotatable bonds is 7. The minimum atomic E-state index is -0.105. The first-order chi connectivity index (χ1) is 15.7. The smallest absolute Gasteiger partial charge is 0.146 e. The summed E-state index contributed by atoms with van der Waals surface area (Å²) in [6.07, 6.45) is 5.87. The van der Waals surface area contributed by atoms with Crippen molar-refractivity contribution in [1.82, 2.24) is 15.2 Å². The number of nitrogens with zero attached hydrogens (tertiary/aromatic N) is 5. The largest absolute Gasteiger partial charge is 0.352 e. The van der Waals surface area contributed by atoms with Crippen LogP contribution < -0.4 is 10.2 Å². The molecule has 1 aromatic carbocycles. The number of aromatic nitrogens is 1. The van der Waals surface area contributed by atoms with Gasteiger partial charge in [0.1, 0.15) is 11.9 Å². The first kappa shape index (κ1) is 20.9. The monoisotopic (exact) mass is 426 g/mol. The van der Waals surface area contributed by atoms with Crippen LogP contribution in [0.3, 0.4) is 0 Å². The molecule has 164 valence electrons. The number of nitriles is 2. The average molecular weight is 427 g/mol. The fourth-order valence-electron chi connectivity index (χ4n) is 5.54. The number of likely N-dealkylation sites (tertiary alicyclic amines) is 1. The van der Waals surface area contributed by atoms with Crippen LogP contribution in [0.5, 0.6) is 0 Å². The standard InChI is InChI=1S/C26H30N6/c27-11-10-26(18-31(19-26)25-22(16-28)7-4-12-29-25)32-13-8-20(9-14-32)17-30-24-15-23(24)21-5-2-1-3-6-21/h1-7,12,20,23-24,30H,8-10,13-15,17-19H2/t23-,24+/m0/s1. The minimum absolute atomic E-state index is 0.105. The number of hydrogen-bond donors (Lipinski definition) is 1. The zero-order valence-corrected chi connectivity index (χ0v) is 18.5. The molecule has 2 saturated heterocycles. The molecule has 2 aromatic rings. The van der Waals surface area contributed by atoms with Gasteiger partial charge in [0.15, 0.2) is 0 Å². The summed E-state index contributed by atoms with van der Waals surface area (Å²) >= 11 is 0.